The summed E-state index contributed by atoms with van der Waals surface area (Å²) in [7, 11) is 0. The van der Waals surface area contributed by atoms with Crippen LogP contribution in [0.1, 0.15) is 5.56 Å². The molecule has 5 nitrogen and oxygen atoms in total. The van der Waals surface area contributed by atoms with E-state index in [0.717, 1.165) is 5.56 Å². The molecule has 1 aromatic rings. The molecule has 0 bridgehead atoms. The number of amides is 1. The standard InChI is InChI=1S/C14H15ClN2O3/c1-2-7-17(10-14(19)20)9-13(18)16-8-11-5-3-4-6-12(11)15/h1,3-6H,7-10H2,(H,16,18)(H,19,20). The Balaban J connectivity index is 2.48. The molecule has 0 fully saturated rings. The first kappa shape index (κ1) is 16.0. The maximum atomic E-state index is 11.7. The van der Waals surface area contributed by atoms with E-state index in [-0.39, 0.29) is 32.1 Å². The first-order valence-corrected chi connectivity index (χ1v) is 6.28. The Kier molecular flexibility index (Phi) is 6.57. The zero-order valence-corrected chi connectivity index (χ0v) is 11.6. The highest BCUT2D eigenvalue weighted by molar-refractivity contribution is 6.31. The third-order valence-electron chi connectivity index (χ3n) is 2.47. The molecule has 1 amide bonds. The van der Waals surface area contributed by atoms with Gasteiger partial charge in [0.1, 0.15) is 0 Å². The summed E-state index contributed by atoms with van der Waals surface area (Å²) in [5.74, 6) is 0.990. The Hall–Kier alpha value is -2.03. The summed E-state index contributed by atoms with van der Waals surface area (Å²) < 4.78 is 0. The second-order valence-electron chi connectivity index (χ2n) is 4.11. The van der Waals surface area contributed by atoms with E-state index in [1.165, 1.54) is 4.90 Å². The summed E-state index contributed by atoms with van der Waals surface area (Å²) in [5.41, 5.74) is 0.796. The van der Waals surface area contributed by atoms with E-state index in [9.17, 15) is 9.59 Å². The minimum Gasteiger partial charge on any atom is -0.480 e. The van der Waals surface area contributed by atoms with Crippen molar-refractivity contribution in [1.29, 1.82) is 0 Å². The molecule has 0 aliphatic rings. The summed E-state index contributed by atoms with van der Waals surface area (Å²) in [5, 5.41) is 12.0. The molecule has 0 aromatic heterocycles. The summed E-state index contributed by atoms with van der Waals surface area (Å²) in [6.45, 7) is 0.0476. The first-order valence-electron chi connectivity index (χ1n) is 5.90. The first-order chi connectivity index (χ1) is 9.52. The lowest BCUT2D eigenvalue weighted by Gasteiger charge is -2.16. The number of hydrogen-bond donors (Lipinski definition) is 2. The van der Waals surface area contributed by atoms with Crippen molar-refractivity contribution in [3.8, 4) is 12.3 Å². The molecule has 2 N–H and O–H groups in total. The zero-order chi connectivity index (χ0) is 15.0. The number of nitrogens with zero attached hydrogens (tertiary/aromatic N) is 1. The lowest BCUT2D eigenvalue weighted by Crippen LogP contribution is -2.39. The van der Waals surface area contributed by atoms with Crippen LogP contribution >= 0.6 is 11.6 Å². The van der Waals surface area contributed by atoms with Crippen LogP contribution in [0.2, 0.25) is 5.02 Å². The van der Waals surface area contributed by atoms with Crippen molar-refractivity contribution in [2.24, 2.45) is 0 Å². The van der Waals surface area contributed by atoms with Crippen LogP contribution in [0.25, 0.3) is 0 Å². The predicted octanol–water partition coefficient (Wildman–Crippen LogP) is 0.976. The Morgan fingerprint density at radius 1 is 1.35 bits per heavy atom. The van der Waals surface area contributed by atoms with E-state index in [2.05, 4.69) is 11.2 Å². The highest BCUT2D eigenvalue weighted by atomic mass is 35.5. The van der Waals surface area contributed by atoms with Crippen molar-refractivity contribution in [1.82, 2.24) is 10.2 Å². The van der Waals surface area contributed by atoms with Gasteiger partial charge in [-0.2, -0.15) is 0 Å². The topological polar surface area (TPSA) is 69.6 Å². The highest BCUT2D eigenvalue weighted by Gasteiger charge is 2.13. The van der Waals surface area contributed by atoms with Gasteiger partial charge in [-0.3, -0.25) is 14.5 Å². The third-order valence-corrected chi connectivity index (χ3v) is 2.84. The normalized spacial score (nSPS) is 10.1. The van der Waals surface area contributed by atoms with Gasteiger partial charge in [0.15, 0.2) is 0 Å². The van der Waals surface area contributed by atoms with E-state index in [1.54, 1.807) is 18.2 Å². The number of carbonyl (C=O) groups excluding carboxylic acids is 1. The molecule has 0 saturated carbocycles. The quantitative estimate of drug-likeness (QED) is 0.736. The highest BCUT2D eigenvalue weighted by Crippen LogP contribution is 2.14. The number of halogens is 1. The molecule has 0 heterocycles. The van der Waals surface area contributed by atoms with Gasteiger partial charge in [-0.05, 0) is 11.6 Å². The molecule has 1 rings (SSSR count). The minimum atomic E-state index is -1.03. The van der Waals surface area contributed by atoms with Crippen LogP contribution in [0.4, 0.5) is 0 Å². The molecule has 0 unspecified atom stereocenters. The number of carboxylic acid groups (broad SMARTS) is 1. The summed E-state index contributed by atoms with van der Waals surface area (Å²) in [4.78, 5) is 23.7. The molecular weight excluding hydrogens is 280 g/mol. The van der Waals surface area contributed by atoms with E-state index >= 15 is 0 Å². The van der Waals surface area contributed by atoms with Crippen LogP contribution in [-0.2, 0) is 16.1 Å². The second-order valence-corrected chi connectivity index (χ2v) is 4.52. The number of hydrogen-bond acceptors (Lipinski definition) is 3. The van der Waals surface area contributed by atoms with Gasteiger partial charge in [0.05, 0.1) is 19.6 Å². The molecule has 1 aromatic carbocycles. The molecule has 106 valence electrons. The fourth-order valence-electron chi connectivity index (χ4n) is 1.58. The molecule has 6 heteroatoms. The molecule has 0 saturated heterocycles. The van der Waals surface area contributed by atoms with E-state index in [1.807, 2.05) is 6.07 Å². The molecule has 0 spiro atoms. The Bertz CT molecular complexity index is 525. The van der Waals surface area contributed by atoms with Crippen LogP contribution in [-0.4, -0.2) is 41.5 Å². The van der Waals surface area contributed by atoms with Crippen molar-refractivity contribution < 1.29 is 14.7 Å². The van der Waals surface area contributed by atoms with Crippen molar-refractivity contribution in [2.75, 3.05) is 19.6 Å². The number of terminal acetylenes is 1. The predicted molar refractivity (Wildman–Crippen MR) is 76.2 cm³/mol. The molecule has 0 aliphatic carbocycles. The zero-order valence-electron chi connectivity index (χ0n) is 10.8. The van der Waals surface area contributed by atoms with Crippen LogP contribution in [0, 0.1) is 12.3 Å². The monoisotopic (exact) mass is 294 g/mol. The molecular formula is C14H15ClN2O3. The lowest BCUT2D eigenvalue weighted by atomic mass is 10.2. The van der Waals surface area contributed by atoms with Gasteiger partial charge >= 0.3 is 5.97 Å². The number of benzene rings is 1. The fraction of sp³-hybridized carbons (Fsp3) is 0.286. The van der Waals surface area contributed by atoms with E-state index in [4.69, 9.17) is 23.1 Å². The van der Waals surface area contributed by atoms with Crippen molar-refractivity contribution in [3.63, 3.8) is 0 Å². The average Bonchev–Trinajstić information content (AvgIpc) is 2.37. The Morgan fingerprint density at radius 2 is 2.05 bits per heavy atom. The Labute approximate surface area is 122 Å². The third kappa shape index (κ3) is 5.74. The van der Waals surface area contributed by atoms with Gasteiger partial charge in [-0.25, -0.2) is 0 Å². The molecule has 20 heavy (non-hydrogen) atoms. The number of rotatable bonds is 7. The summed E-state index contributed by atoms with van der Waals surface area (Å²) >= 11 is 5.97. The van der Waals surface area contributed by atoms with Gasteiger partial charge in [0.25, 0.3) is 0 Å². The van der Waals surface area contributed by atoms with Crippen LogP contribution < -0.4 is 5.32 Å². The van der Waals surface area contributed by atoms with Crippen LogP contribution in [0.15, 0.2) is 24.3 Å². The number of carboxylic acids is 1. The number of aliphatic carboxylic acids is 1. The van der Waals surface area contributed by atoms with Gasteiger partial charge < -0.3 is 10.4 Å². The average molecular weight is 295 g/mol. The maximum Gasteiger partial charge on any atom is 0.317 e. The maximum absolute atomic E-state index is 11.7. The summed E-state index contributed by atoms with van der Waals surface area (Å²) in [6, 6.07) is 7.16. The molecule has 0 aliphatic heterocycles. The van der Waals surface area contributed by atoms with Gasteiger partial charge in [0.2, 0.25) is 5.91 Å². The largest absolute Gasteiger partial charge is 0.480 e. The van der Waals surface area contributed by atoms with E-state index < -0.39 is 5.97 Å². The van der Waals surface area contributed by atoms with Crippen molar-refractivity contribution in [2.45, 2.75) is 6.54 Å². The smallest absolute Gasteiger partial charge is 0.317 e. The van der Waals surface area contributed by atoms with E-state index in [0.29, 0.717) is 5.02 Å². The molecule has 0 radical (unpaired) electrons. The van der Waals surface area contributed by atoms with Crippen molar-refractivity contribution in [3.05, 3.63) is 34.9 Å². The van der Waals surface area contributed by atoms with Crippen LogP contribution in [0.5, 0.6) is 0 Å². The van der Waals surface area contributed by atoms with Gasteiger partial charge in [-0.1, -0.05) is 35.7 Å². The van der Waals surface area contributed by atoms with Crippen molar-refractivity contribution >= 4 is 23.5 Å². The van der Waals surface area contributed by atoms with Crippen LogP contribution in [0.3, 0.4) is 0 Å². The number of carbonyl (C=O) groups is 2. The van der Waals surface area contributed by atoms with Gasteiger partial charge in [0, 0.05) is 11.6 Å². The minimum absolute atomic E-state index is 0.0685. The fourth-order valence-corrected chi connectivity index (χ4v) is 1.79. The second kappa shape index (κ2) is 8.20. The Morgan fingerprint density at radius 3 is 2.65 bits per heavy atom. The lowest BCUT2D eigenvalue weighted by molar-refractivity contribution is -0.138. The van der Waals surface area contributed by atoms with Gasteiger partial charge in [-0.15, -0.1) is 6.42 Å². The summed E-state index contributed by atoms with van der Waals surface area (Å²) in [6.07, 6.45) is 5.13. The number of nitrogens with one attached hydrogen (secondary N) is 1. The SMILES string of the molecule is C#CCN(CC(=O)O)CC(=O)NCc1ccccc1Cl. The molecule has 0 atom stereocenters.